The predicted molar refractivity (Wildman–Crippen MR) is 112 cm³/mol. The molecule has 7 heteroatoms. The van der Waals surface area contributed by atoms with E-state index < -0.39 is 0 Å². The van der Waals surface area contributed by atoms with Crippen molar-refractivity contribution in [2.45, 2.75) is 13.0 Å². The fourth-order valence-electron chi connectivity index (χ4n) is 3.32. The number of amides is 1. The van der Waals surface area contributed by atoms with Crippen LogP contribution in [0.5, 0.6) is 0 Å². The van der Waals surface area contributed by atoms with Crippen LogP contribution in [0, 0.1) is 0 Å². The third-order valence-corrected chi connectivity index (χ3v) is 6.76. The van der Waals surface area contributed by atoms with Gasteiger partial charge in [-0.15, -0.1) is 22.7 Å². The lowest BCUT2D eigenvalue weighted by molar-refractivity contribution is -0.122. The van der Waals surface area contributed by atoms with Gasteiger partial charge in [0, 0.05) is 37.6 Å². The first-order valence-corrected chi connectivity index (χ1v) is 11.0. The summed E-state index contributed by atoms with van der Waals surface area (Å²) in [5, 5.41) is 6.29. The Bertz CT molecular complexity index is 836. The molecular formula is C20H24N4OS2. The second kappa shape index (κ2) is 8.93. The normalized spacial score (nSPS) is 16.0. The Labute approximate surface area is 167 Å². The van der Waals surface area contributed by atoms with Crippen molar-refractivity contribution >= 4 is 38.8 Å². The number of nitrogens with zero attached hydrogens (tertiary/aromatic N) is 3. The lowest BCUT2D eigenvalue weighted by Gasteiger charge is -2.33. The molecule has 1 fully saturated rings. The van der Waals surface area contributed by atoms with Gasteiger partial charge in [0.1, 0.15) is 5.01 Å². The van der Waals surface area contributed by atoms with Crippen LogP contribution in [-0.2, 0) is 17.8 Å². The molecule has 0 bridgehead atoms. The first-order valence-electron chi connectivity index (χ1n) is 9.34. The molecule has 1 aliphatic heterocycles. The molecule has 142 valence electrons. The van der Waals surface area contributed by atoms with Gasteiger partial charge in [-0.1, -0.05) is 18.2 Å². The standard InChI is InChI=1S/C20H24N4OS2/c25-19(21-8-7-16-4-3-13-26-16)14-23-9-11-24(12-10-23)15-20-22-17-5-1-2-6-18(17)27-20/h1-6,13H,7-12,14-15H2,(H,21,25). The van der Waals surface area contributed by atoms with Crippen molar-refractivity contribution in [1.29, 1.82) is 0 Å². The Kier molecular flexibility index (Phi) is 6.14. The lowest BCUT2D eigenvalue weighted by Crippen LogP contribution is -2.49. The average molecular weight is 401 g/mol. The minimum atomic E-state index is 0.131. The zero-order chi connectivity index (χ0) is 18.5. The van der Waals surface area contributed by atoms with Crippen LogP contribution >= 0.6 is 22.7 Å². The van der Waals surface area contributed by atoms with Gasteiger partial charge in [0.15, 0.2) is 0 Å². The topological polar surface area (TPSA) is 48.5 Å². The predicted octanol–water partition coefficient (Wildman–Crippen LogP) is 2.83. The highest BCUT2D eigenvalue weighted by Gasteiger charge is 2.20. The third-order valence-electron chi connectivity index (χ3n) is 4.80. The Hall–Kier alpha value is -1.80. The highest BCUT2D eigenvalue weighted by atomic mass is 32.1. The Balaban J connectivity index is 1.17. The Morgan fingerprint density at radius 1 is 1.07 bits per heavy atom. The summed E-state index contributed by atoms with van der Waals surface area (Å²) in [5.41, 5.74) is 1.09. The lowest BCUT2D eigenvalue weighted by atomic mass is 10.3. The number of fused-ring (bicyclic) bond motifs is 1. The van der Waals surface area contributed by atoms with Crippen LogP contribution in [0.15, 0.2) is 41.8 Å². The fourth-order valence-corrected chi connectivity index (χ4v) is 5.04. The number of hydrogen-bond acceptors (Lipinski definition) is 6. The monoisotopic (exact) mass is 400 g/mol. The van der Waals surface area contributed by atoms with Gasteiger partial charge in [0.2, 0.25) is 5.91 Å². The number of rotatable bonds is 7. The van der Waals surface area contributed by atoms with Gasteiger partial charge in [0.25, 0.3) is 0 Å². The Morgan fingerprint density at radius 2 is 1.89 bits per heavy atom. The van der Waals surface area contributed by atoms with E-state index in [2.05, 4.69) is 50.8 Å². The summed E-state index contributed by atoms with van der Waals surface area (Å²) in [6, 6.07) is 12.5. The van der Waals surface area contributed by atoms with Crippen LogP contribution < -0.4 is 5.32 Å². The largest absolute Gasteiger partial charge is 0.355 e. The van der Waals surface area contributed by atoms with E-state index in [1.807, 2.05) is 6.07 Å². The maximum atomic E-state index is 12.1. The van der Waals surface area contributed by atoms with Crippen LogP contribution in [0.25, 0.3) is 10.2 Å². The molecule has 0 spiro atoms. The summed E-state index contributed by atoms with van der Waals surface area (Å²) >= 11 is 3.52. The highest BCUT2D eigenvalue weighted by molar-refractivity contribution is 7.18. The van der Waals surface area contributed by atoms with Crippen molar-refractivity contribution in [3.05, 3.63) is 51.7 Å². The van der Waals surface area contributed by atoms with Gasteiger partial charge in [-0.05, 0) is 30.0 Å². The van der Waals surface area contributed by atoms with E-state index in [9.17, 15) is 4.79 Å². The molecule has 3 heterocycles. The van der Waals surface area contributed by atoms with Crippen molar-refractivity contribution < 1.29 is 4.79 Å². The molecular weight excluding hydrogens is 376 g/mol. The van der Waals surface area contributed by atoms with Crippen LogP contribution in [0.2, 0.25) is 0 Å². The molecule has 3 aromatic rings. The van der Waals surface area contributed by atoms with Gasteiger partial charge >= 0.3 is 0 Å². The van der Waals surface area contributed by atoms with Crippen molar-refractivity contribution in [2.24, 2.45) is 0 Å². The zero-order valence-corrected chi connectivity index (χ0v) is 16.9. The van der Waals surface area contributed by atoms with E-state index in [1.54, 1.807) is 22.7 Å². The molecule has 1 saturated heterocycles. The maximum absolute atomic E-state index is 12.1. The van der Waals surface area contributed by atoms with Crippen LogP contribution in [0.1, 0.15) is 9.88 Å². The summed E-state index contributed by atoms with van der Waals surface area (Å²) in [6.45, 7) is 5.96. The number of para-hydroxylation sites is 1. The zero-order valence-electron chi connectivity index (χ0n) is 15.3. The quantitative estimate of drug-likeness (QED) is 0.663. The number of hydrogen-bond donors (Lipinski definition) is 1. The number of nitrogens with one attached hydrogen (secondary N) is 1. The molecule has 4 rings (SSSR count). The molecule has 5 nitrogen and oxygen atoms in total. The average Bonchev–Trinajstić information content (AvgIpc) is 3.32. The minimum Gasteiger partial charge on any atom is -0.355 e. The number of piperazine rings is 1. The fraction of sp³-hybridized carbons (Fsp3) is 0.400. The van der Waals surface area contributed by atoms with E-state index in [1.165, 1.54) is 14.6 Å². The van der Waals surface area contributed by atoms with Crippen molar-refractivity contribution in [2.75, 3.05) is 39.3 Å². The van der Waals surface area contributed by atoms with Gasteiger partial charge in [-0.25, -0.2) is 4.98 Å². The number of aromatic nitrogens is 1. The van der Waals surface area contributed by atoms with Gasteiger partial charge in [0.05, 0.1) is 23.3 Å². The summed E-state index contributed by atoms with van der Waals surface area (Å²) in [5.74, 6) is 0.131. The van der Waals surface area contributed by atoms with Gasteiger partial charge in [-0.2, -0.15) is 0 Å². The van der Waals surface area contributed by atoms with Crippen molar-refractivity contribution in [3.8, 4) is 0 Å². The summed E-state index contributed by atoms with van der Waals surface area (Å²) in [6.07, 6.45) is 0.916. The molecule has 1 amide bonds. The molecule has 2 aromatic heterocycles. The number of thiazole rings is 1. The summed E-state index contributed by atoms with van der Waals surface area (Å²) in [4.78, 5) is 22.9. The summed E-state index contributed by atoms with van der Waals surface area (Å²) < 4.78 is 1.25. The molecule has 0 unspecified atom stereocenters. The van der Waals surface area contributed by atoms with Crippen LogP contribution in [-0.4, -0.2) is 60.0 Å². The molecule has 0 radical (unpaired) electrons. The van der Waals surface area contributed by atoms with Crippen molar-refractivity contribution in [1.82, 2.24) is 20.1 Å². The SMILES string of the molecule is O=C(CN1CCN(Cc2nc3ccccc3s2)CC1)NCCc1cccs1. The molecule has 0 atom stereocenters. The molecule has 1 aromatic carbocycles. The van der Waals surface area contributed by atoms with E-state index in [0.717, 1.165) is 51.2 Å². The molecule has 27 heavy (non-hydrogen) atoms. The van der Waals surface area contributed by atoms with E-state index in [4.69, 9.17) is 4.98 Å². The van der Waals surface area contributed by atoms with Crippen molar-refractivity contribution in [3.63, 3.8) is 0 Å². The third kappa shape index (κ3) is 5.13. The first-order chi connectivity index (χ1) is 13.3. The summed E-state index contributed by atoms with van der Waals surface area (Å²) in [7, 11) is 0. The van der Waals surface area contributed by atoms with Crippen LogP contribution in [0.4, 0.5) is 0 Å². The number of carbonyl (C=O) groups is 1. The van der Waals surface area contributed by atoms with Gasteiger partial charge in [-0.3, -0.25) is 14.6 Å². The smallest absolute Gasteiger partial charge is 0.234 e. The maximum Gasteiger partial charge on any atom is 0.234 e. The second-order valence-corrected chi connectivity index (χ2v) is 8.95. The number of carbonyl (C=O) groups excluding carboxylic acids is 1. The number of thiophene rings is 1. The highest BCUT2D eigenvalue weighted by Crippen LogP contribution is 2.22. The van der Waals surface area contributed by atoms with Gasteiger partial charge < -0.3 is 5.32 Å². The molecule has 0 saturated carbocycles. The molecule has 1 aliphatic rings. The van der Waals surface area contributed by atoms with E-state index >= 15 is 0 Å². The van der Waals surface area contributed by atoms with Crippen LogP contribution in [0.3, 0.4) is 0 Å². The molecule has 1 N–H and O–H groups in total. The van der Waals surface area contributed by atoms with E-state index in [-0.39, 0.29) is 5.91 Å². The number of benzene rings is 1. The molecule has 0 aliphatic carbocycles. The Morgan fingerprint density at radius 3 is 2.67 bits per heavy atom. The van der Waals surface area contributed by atoms with E-state index in [0.29, 0.717) is 6.54 Å². The minimum absolute atomic E-state index is 0.131. The first kappa shape index (κ1) is 18.6. The second-order valence-electron chi connectivity index (χ2n) is 6.81.